The molecule has 0 unspecified atom stereocenters. The summed E-state index contributed by atoms with van der Waals surface area (Å²) in [6, 6.07) is 0. The first-order valence-corrected chi connectivity index (χ1v) is 6.11. The largest absolute Gasteiger partial charge is 0.293 e. The van der Waals surface area contributed by atoms with Crippen LogP contribution in [0.4, 0.5) is 0 Å². The van der Waals surface area contributed by atoms with E-state index in [0.717, 1.165) is 6.42 Å². The Balaban J connectivity index is 3.94. The molecule has 0 atom stereocenters. The maximum absolute atomic E-state index is 11.2. The lowest BCUT2D eigenvalue weighted by atomic mass is 10.2. The van der Waals surface area contributed by atoms with Crippen LogP contribution in [0.25, 0.3) is 0 Å². The first-order valence-electron chi connectivity index (χ1n) is 6.11. The Labute approximate surface area is 103 Å². The fraction of sp³-hybridized carbons (Fsp3) is 0.692. The highest BCUT2D eigenvalue weighted by Gasteiger charge is 2.02. The Kier molecular flexibility index (Phi) is 8.11. The second-order valence-electron chi connectivity index (χ2n) is 3.84. The quantitative estimate of drug-likeness (QED) is 0.481. The van der Waals surface area contributed by atoms with Crippen molar-refractivity contribution in [2.45, 2.75) is 47.0 Å². The summed E-state index contributed by atoms with van der Waals surface area (Å²) in [6.45, 7) is 8.31. The molecule has 0 aromatic heterocycles. The third kappa shape index (κ3) is 6.76. The van der Waals surface area contributed by atoms with E-state index < -0.39 is 0 Å². The molecule has 0 saturated heterocycles. The van der Waals surface area contributed by atoms with Gasteiger partial charge in [0.25, 0.3) is 0 Å². The fourth-order valence-electron chi connectivity index (χ4n) is 1.25. The van der Waals surface area contributed by atoms with E-state index in [4.69, 9.17) is 0 Å². The van der Waals surface area contributed by atoms with Gasteiger partial charge in [-0.15, -0.1) is 0 Å². The van der Waals surface area contributed by atoms with E-state index in [1.807, 2.05) is 13.8 Å². The van der Waals surface area contributed by atoms with Gasteiger partial charge in [0.15, 0.2) is 11.6 Å². The molecular weight excluding hydrogens is 216 g/mol. The lowest BCUT2D eigenvalue weighted by Gasteiger charge is -1.98. The van der Waals surface area contributed by atoms with E-state index in [1.165, 1.54) is 0 Å². The van der Waals surface area contributed by atoms with Gasteiger partial charge < -0.3 is 0 Å². The average Bonchev–Trinajstić information content (AvgIpc) is 2.35. The van der Waals surface area contributed by atoms with Crippen LogP contribution in [0.1, 0.15) is 47.0 Å². The normalized spacial score (nSPS) is 12.7. The molecule has 0 radical (unpaired) electrons. The molecule has 0 aromatic carbocycles. The summed E-state index contributed by atoms with van der Waals surface area (Å²) < 4.78 is 0. The molecule has 17 heavy (non-hydrogen) atoms. The minimum absolute atomic E-state index is 0.0887. The zero-order valence-corrected chi connectivity index (χ0v) is 11.2. The summed E-state index contributed by atoms with van der Waals surface area (Å²) in [6.07, 6.45) is 1.76. The highest BCUT2D eigenvalue weighted by atomic mass is 16.1. The SMILES string of the molecule is CCC(=O)C(C)=NCCCN=C(C)C(=O)CC. The molecule has 0 heterocycles. The number of hydrogen-bond acceptors (Lipinski definition) is 4. The second-order valence-corrected chi connectivity index (χ2v) is 3.84. The highest BCUT2D eigenvalue weighted by molar-refractivity contribution is 6.39. The molecule has 0 amide bonds. The monoisotopic (exact) mass is 238 g/mol. The molecule has 0 rings (SSSR count). The van der Waals surface area contributed by atoms with Gasteiger partial charge in [-0.05, 0) is 20.3 Å². The minimum atomic E-state index is 0.0887. The Morgan fingerprint density at radius 1 is 0.824 bits per heavy atom. The molecule has 4 heteroatoms. The number of carbonyl (C=O) groups excluding carboxylic acids is 2. The van der Waals surface area contributed by atoms with Crippen LogP contribution in [-0.4, -0.2) is 36.1 Å². The molecule has 0 fully saturated rings. The van der Waals surface area contributed by atoms with Crippen LogP contribution >= 0.6 is 0 Å². The van der Waals surface area contributed by atoms with E-state index in [1.54, 1.807) is 13.8 Å². The van der Waals surface area contributed by atoms with Crippen molar-refractivity contribution in [1.82, 2.24) is 0 Å². The van der Waals surface area contributed by atoms with Gasteiger partial charge in [0, 0.05) is 25.9 Å². The number of rotatable bonds is 8. The molecule has 0 aliphatic heterocycles. The maximum Gasteiger partial charge on any atom is 0.176 e. The number of nitrogens with zero attached hydrogens (tertiary/aromatic N) is 2. The van der Waals surface area contributed by atoms with Gasteiger partial charge in [0.1, 0.15) is 0 Å². The Hall–Kier alpha value is -1.32. The highest BCUT2D eigenvalue weighted by Crippen LogP contribution is 1.92. The van der Waals surface area contributed by atoms with Crippen molar-refractivity contribution in [3.63, 3.8) is 0 Å². The molecule has 0 bridgehead atoms. The molecule has 0 aliphatic rings. The fourth-order valence-corrected chi connectivity index (χ4v) is 1.25. The second kappa shape index (κ2) is 8.79. The van der Waals surface area contributed by atoms with E-state index in [9.17, 15) is 9.59 Å². The first kappa shape index (κ1) is 15.7. The van der Waals surface area contributed by atoms with Crippen molar-refractivity contribution in [2.75, 3.05) is 13.1 Å². The number of carbonyl (C=O) groups is 2. The molecule has 0 aliphatic carbocycles. The molecule has 0 N–H and O–H groups in total. The van der Waals surface area contributed by atoms with Crippen LogP contribution in [0.2, 0.25) is 0 Å². The summed E-state index contributed by atoms with van der Waals surface area (Å²) in [4.78, 5) is 30.8. The van der Waals surface area contributed by atoms with Gasteiger partial charge in [0.05, 0.1) is 11.4 Å². The summed E-state index contributed by atoms with van der Waals surface area (Å²) in [5, 5.41) is 0. The van der Waals surface area contributed by atoms with Crippen molar-refractivity contribution >= 4 is 23.0 Å². The smallest absolute Gasteiger partial charge is 0.176 e. The van der Waals surface area contributed by atoms with Crippen molar-refractivity contribution in [2.24, 2.45) is 9.98 Å². The van der Waals surface area contributed by atoms with Crippen molar-refractivity contribution in [3.05, 3.63) is 0 Å². The van der Waals surface area contributed by atoms with Crippen LogP contribution in [-0.2, 0) is 9.59 Å². The predicted octanol–water partition coefficient (Wildman–Crippen LogP) is 2.26. The van der Waals surface area contributed by atoms with Crippen molar-refractivity contribution in [3.8, 4) is 0 Å². The van der Waals surface area contributed by atoms with Gasteiger partial charge in [-0.1, -0.05) is 13.8 Å². The molecule has 4 nitrogen and oxygen atoms in total. The van der Waals surface area contributed by atoms with Gasteiger partial charge in [-0.2, -0.15) is 0 Å². The lowest BCUT2D eigenvalue weighted by molar-refractivity contribution is -0.113. The van der Waals surface area contributed by atoms with Gasteiger partial charge in [0.2, 0.25) is 0 Å². The van der Waals surface area contributed by atoms with Crippen molar-refractivity contribution < 1.29 is 9.59 Å². The Morgan fingerprint density at radius 2 is 1.18 bits per heavy atom. The van der Waals surface area contributed by atoms with Gasteiger partial charge >= 0.3 is 0 Å². The van der Waals surface area contributed by atoms with Crippen molar-refractivity contribution in [1.29, 1.82) is 0 Å². The van der Waals surface area contributed by atoms with E-state index in [2.05, 4.69) is 9.98 Å². The molecule has 0 aromatic rings. The Bertz CT molecular complexity index is 298. The van der Waals surface area contributed by atoms with Gasteiger partial charge in [-0.3, -0.25) is 19.6 Å². The van der Waals surface area contributed by atoms with E-state index in [0.29, 0.717) is 37.4 Å². The molecule has 0 spiro atoms. The lowest BCUT2D eigenvalue weighted by Crippen LogP contribution is -2.10. The first-order chi connectivity index (χ1) is 8.02. The number of aliphatic imine (C=N–C) groups is 2. The van der Waals surface area contributed by atoms with Crippen LogP contribution in [0.3, 0.4) is 0 Å². The number of hydrogen-bond donors (Lipinski definition) is 0. The maximum atomic E-state index is 11.2. The number of ketones is 2. The van der Waals surface area contributed by atoms with E-state index in [-0.39, 0.29) is 11.6 Å². The third-order valence-electron chi connectivity index (χ3n) is 2.46. The van der Waals surface area contributed by atoms with Crippen LogP contribution in [0, 0.1) is 0 Å². The topological polar surface area (TPSA) is 58.9 Å². The summed E-state index contributed by atoms with van der Waals surface area (Å²) in [5.41, 5.74) is 1.16. The summed E-state index contributed by atoms with van der Waals surface area (Å²) >= 11 is 0. The third-order valence-corrected chi connectivity index (χ3v) is 2.46. The zero-order valence-electron chi connectivity index (χ0n) is 11.2. The molecule has 96 valence electrons. The van der Waals surface area contributed by atoms with Gasteiger partial charge in [-0.25, -0.2) is 0 Å². The van der Waals surface area contributed by atoms with Crippen LogP contribution in [0.15, 0.2) is 9.98 Å². The minimum Gasteiger partial charge on any atom is -0.293 e. The average molecular weight is 238 g/mol. The standard InChI is InChI=1S/C13H22N2O2/c1-5-12(16)10(3)14-8-7-9-15-11(4)13(17)6-2/h5-9H2,1-4H3. The summed E-state index contributed by atoms with van der Waals surface area (Å²) in [5.74, 6) is 0.177. The Morgan fingerprint density at radius 3 is 1.47 bits per heavy atom. The zero-order chi connectivity index (χ0) is 13.3. The molecule has 0 saturated carbocycles. The van der Waals surface area contributed by atoms with Crippen LogP contribution in [0.5, 0.6) is 0 Å². The van der Waals surface area contributed by atoms with E-state index >= 15 is 0 Å². The number of Topliss-reactive ketones (excluding diaryl/α,β-unsaturated/α-hetero) is 2. The predicted molar refractivity (Wildman–Crippen MR) is 71.2 cm³/mol. The van der Waals surface area contributed by atoms with Crippen LogP contribution < -0.4 is 0 Å². The summed E-state index contributed by atoms with van der Waals surface area (Å²) in [7, 11) is 0. The molecular formula is C13H22N2O2.